The highest BCUT2D eigenvalue weighted by Crippen LogP contribution is 2.41. The summed E-state index contributed by atoms with van der Waals surface area (Å²) in [6.07, 6.45) is 0. The molecule has 0 fully saturated rings. The molecule has 0 spiro atoms. The van der Waals surface area contributed by atoms with Crippen LogP contribution in [0.15, 0.2) is 181 Å². The van der Waals surface area contributed by atoms with E-state index in [1.165, 1.54) is 6.07 Å². The van der Waals surface area contributed by atoms with E-state index in [0.29, 0.717) is 0 Å². The van der Waals surface area contributed by atoms with Crippen molar-refractivity contribution in [2.45, 2.75) is 0 Å². The van der Waals surface area contributed by atoms with Gasteiger partial charge >= 0.3 is 0 Å². The standard InChI is InChI=1S/C45H30N4/c1-5-16-31(17-6-1)36-25-15-27-41-42(36)37-24-13-14-26-39(37)49(41)40-29-28-35(30-38(40)32-18-7-2-8-19-32)45-47-43(33-20-9-3-10-21-33)46-44(48-45)34-22-11-4-12-23-34/h1-30H/i1D,2D,3D,4D,5D,6D,7D,8D,9D,10D,11D,12D,13D,14D,15D,16D,17D,18D,19D,20D,21D,22D,23D,24D,25D,26D,27D. The monoisotopic (exact) mass is 653 g/mol. The fourth-order valence-corrected chi connectivity index (χ4v) is 5.28. The van der Waals surface area contributed by atoms with E-state index in [-0.39, 0.29) is 11.3 Å². The number of para-hydroxylation sites is 1. The molecule has 0 aliphatic rings. The summed E-state index contributed by atoms with van der Waals surface area (Å²) >= 11 is 0. The first-order chi connectivity index (χ1) is 35.5. The van der Waals surface area contributed by atoms with Crippen LogP contribution in [0.1, 0.15) is 37.0 Å². The van der Waals surface area contributed by atoms with E-state index < -0.39 is 236 Å². The molecule has 2 heterocycles. The van der Waals surface area contributed by atoms with Gasteiger partial charge in [0.25, 0.3) is 0 Å². The average Bonchev–Trinajstić information content (AvgIpc) is 3.75. The van der Waals surface area contributed by atoms with Crippen LogP contribution >= 0.6 is 0 Å². The maximum atomic E-state index is 9.42. The quantitative estimate of drug-likeness (QED) is 0.179. The van der Waals surface area contributed by atoms with E-state index in [2.05, 4.69) is 15.0 Å². The van der Waals surface area contributed by atoms with Gasteiger partial charge in [0.05, 0.1) is 53.7 Å². The molecule has 0 aliphatic carbocycles. The van der Waals surface area contributed by atoms with Crippen molar-refractivity contribution in [1.82, 2.24) is 19.5 Å². The zero-order valence-corrected chi connectivity index (χ0v) is 24.5. The van der Waals surface area contributed by atoms with Gasteiger partial charge in [-0.1, -0.05) is 151 Å². The van der Waals surface area contributed by atoms with Crippen molar-refractivity contribution in [2.24, 2.45) is 0 Å². The van der Waals surface area contributed by atoms with E-state index in [1.54, 1.807) is 0 Å². The summed E-state index contributed by atoms with van der Waals surface area (Å²) in [6.45, 7) is 0. The van der Waals surface area contributed by atoms with E-state index in [0.717, 1.165) is 16.7 Å². The number of benzene rings is 7. The Morgan fingerprint density at radius 3 is 1.45 bits per heavy atom. The summed E-state index contributed by atoms with van der Waals surface area (Å²) in [5.41, 5.74) is -5.33. The highest BCUT2D eigenvalue weighted by Gasteiger charge is 2.20. The van der Waals surface area contributed by atoms with Crippen molar-refractivity contribution in [3.8, 4) is 62.1 Å². The minimum absolute atomic E-state index is 0.251. The lowest BCUT2D eigenvalue weighted by atomic mass is 9.99. The van der Waals surface area contributed by atoms with Crippen molar-refractivity contribution < 1.29 is 37.0 Å². The predicted molar refractivity (Wildman–Crippen MR) is 201 cm³/mol. The molecular formula is C45H30N4. The number of aromatic nitrogens is 4. The molecule has 0 N–H and O–H groups in total. The van der Waals surface area contributed by atoms with Gasteiger partial charge in [0.15, 0.2) is 17.5 Å². The molecule has 230 valence electrons. The van der Waals surface area contributed by atoms with Gasteiger partial charge in [0.1, 0.15) is 0 Å². The molecule has 4 heteroatoms. The SMILES string of the molecule is [2H]c1c([2H])c([2H])c(-c2nc(-c3ccc(-n4c5c([2H])c([2H])c([2H])c([2H])c5c5c(-c6c([2H])c([2H])c([2H])c([2H])c6[2H])c([2H])c([2H])c([2H])c54)c(-c4c([2H])c([2H])c([2H])c([2H])c4[2H])c3)nc(-c3c([2H])c([2H])c([2H])c([2H])c3[2H])n2)c([2H])c1[2H]. The summed E-state index contributed by atoms with van der Waals surface area (Å²) in [5, 5.41) is -0.975. The summed E-state index contributed by atoms with van der Waals surface area (Å²) < 4.78 is 237. The van der Waals surface area contributed by atoms with E-state index in [4.69, 9.17) is 28.8 Å². The number of nitrogens with zero attached hydrogens (tertiary/aromatic N) is 4. The Kier molecular flexibility index (Phi) is 3.01. The van der Waals surface area contributed by atoms with E-state index >= 15 is 0 Å². The van der Waals surface area contributed by atoms with Gasteiger partial charge in [0, 0.05) is 33.0 Å². The van der Waals surface area contributed by atoms with Crippen LogP contribution in [0.5, 0.6) is 0 Å². The van der Waals surface area contributed by atoms with Gasteiger partial charge in [0.2, 0.25) is 0 Å². The van der Waals surface area contributed by atoms with Gasteiger partial charge in [-0.2, -0.15) is 0 Å². The number of rotatable bonds is 6. The number of hydrogen-bond acceptors (Lipinski definition) is 3. The van der Waals surface area contributed by atoms with Crippen LogP contribution in [0, 0.1) is 0 Å². The number of fused-ring (bicyclic) bond motifs is 3. The largest absolute Gasteiger partial charge is 0.309 e. The van der Waals surface area contributed by atoms with Crippen molar-refractivity contribution in [3.63, 3.8) is 0 Å². The lowest BCUT2D eigenvalue weighted by Gasteiger charge is -2.16. The number of hydrogen-bond donors (Lipinski definition) is 0. The van der Waals surface area contributed by atoms with Gasteiger partial charge in [-0.3, -0.25) is 0 Å². The molecule has 0 aliphatic heterocycles. The van der Waals surface area contributed by atoms with E-state index in [9.17, 15) is 8.22 Å². The second-order valence-electron chi connectivity index (χ2n) is 10.1. The fourth-order valence-electron chi connectivity index (χ4n) is 5.28. The maximum absolute atomic E-state index is 9.42. The normalized spacial score (nSPS) is 19.0. The molecule has 49 heavy (non-hydrogen) atoms. The summed E-state index contributed by atoms with van der Waals surface area (Å²) in [5.74, 6) is -1.94. The smallest absolute Gasteiger partial charge is 0.164 e. The van der Waals surface area contributed by atoms with Crippen LogP contribution in [0.3, 0.4) is 0 Å². The molecule has 0 amide bonds. The molecule has 4 nitrogen and oxygen atoms in total. The molecule has 2 aromatic heterocycles. The van der Waals surface area contributed by atoms with Crippen LogP contribution in [0.4, 0.5) is 0 Å². The molecule has 0 bridgehead atoms. The lowest BCUT2D eigenvalue weighted by Crippen LogP contribution is -2.02. The molecule has 9 aromatic rings. The summed E-state index contributed by atoms with van der Waals surface area (Å²) in [4.78, 5) is 13.1. The third kappa shape index (κ3) is 5.16. The van der Waals surface area contributed by atoms with Gasteiger partial charge in [-0.05, 0) is 47.0 Å². The third-order valence-electron chi connectivity index (χ3n) is 7.32. The molecule has 0 saturated heterocycles. The highest BCUT2D eigenvalue weighted by molar-refractivity contribution is 6.16. The van der Waals surface area contributed by atoms with Crippen LogP contribution in [0.25, 0.3) is 83.9 Å². The van der Waals surface area contributed by atoms with Gasteiger partial charge < -0.3 is 4.57 Å². The molecule has 0 radical (unpaired) electrons. The zero-order chi connectivity index (χ0) is 56.1. The van der Waals surface area contributed by atoms with Crippen molar-refractivity contribution in [2.75, 3.05) is 0 Å². The minimum atomic E-state index is -0.930. The van der Waals surface area contributed by atoms with Gasteiger partial charge in [-0.25, -0.2) is 15.0 Å². The molecule has 9 rings (SSSR count). The van der Waals surface area contributed by atoms with Crippen LogP contribution in [0.2, 0.25) is 0 Å². The third-order valence-corrected chi connectivity index (χ3v) is 7.32. The molecule has 0 atom stereocenters. The van der Waals surface area contributed by atoms with Crippen molar-refractivity contribution >= 4 is 21.8 Å². The van der Waals surface area contributed by atoms with Gasteiger partial charge in [-0.15, -0.1) is 0 Å². The second kappa shape index (κ2) is 12.2. The predicted octanol–water partition coefficient (Wildman–Crippen LogP) is 11.3. The van der Waals surface area contributed by atoms with Crippen molar-refractivity contribution in [1.29, 1.82) is 0 Å². The molecular weight excluding hydrogens is 597 g/mol. The Morgan fingerprint density at radius 2 is 0.857 bits per heavy atom. The fraction of sp³-hybridized carbons (Fsp3) is 0. The van der Waals surface area contributed by atoms with E-state index in [1.807, 2.05) is 0 Å². The Bertz CT molecular complexity index is 3950. The molecule has 0 saturated carbocycles. The molecule has 0 unspecified atom stereocenters. The second-order valence-corrected chi connectivity index (χ2v) is 10.1. The zero-order valence-electron chi connectivity index (χ0n) is 51.5. The van der Waals surface area contributed by atoms with Crippen LogP contribution < -0.4 is 0 Å². The lowest BCUT2D eigenvalue weighted by molar-refractivity contribution is 1.07. The average molecular weight is 654 g/mol. The first-order valence-electron chi connectivity index (χ1n) is 27.8. The van der Waals surface area contributed by atoms with Crippen LogP contribution in [-0.4, -0.2) is 19.5 Å². The molecule has 7 aromatic carbocycles. The summed E-state index contributed by atoms with van der Waals surface area (Å²) in [6, 6.07) is -19.7. The van der Waals surface area contributed by atoms with Crippen molar-refractivity contribution in [3.05, 3.63) is 181 Å². The first-order valence-corrected chi connectivity index (χ1v) is 14.3. The highest BCUT2D eigenvalue weighted by atomic mass is 15.0. The van der Waals surface area contributed by atoms with Crippen LogP contribution in [-0.2, 0) is 0 Å². The summed E-state index contributed by atoms with van der Waals surface area (Å²) in [7, 11) is 0. The topological polar surface area (TPSA) is 43.6 Å². The Balaban J connectivity index is 1.52. The maximum Gasteiger partial charge on any atom is 0.164 e. The Labute approximate surface area is 322 Å². The minimum Gasteiger partial charge on any atom is -0.309 e. The Morgan fingerprint density at radius 1 is 0.388 bits per heavy atom. The first kappa shape index (κ1) is 12.1. The Hall–Kier alpha value is -6.65.